The van der Waals surface area contributed by atoms with E-state index in [1.54, 1.807) is 12.1 Å². The molecule has 1 aliphatic rings. The van der Waals surface area contributed by atoms with E-state index < -0.39 is 11.4 Å². The number of carbonyl (C=O) groups is 1. The molecule has 0 atom stereocenters. The fraction of sp³-hybridized carbons (Fsp3) is 0.500. The Kier molecular flexibility index (Phi) is 4.26. The van der Waals surface area contributed by atoms with E-state index in [2.05, 4.69) is 0 Å². The number of hydrogen-bond donors (Lipinski definition) is 1. The second kappa shape index (κ2) is 5.59. The maximum atomic E-state index is 11.8. The molecule has 1 N–H and O–H groups in total. The van der Waals surface area contributed by atoms with Crippen LogP contribution in [0.3, 0.4) is 0 Å². The van der Waals surface area contributed by atoms with Gasteiger partial charge in [0.25, 0.3) is 0 Å². The molecular formula is C14H16Cl2O3. The van der Waals surface area contributed by atoms with Gasteiger partial charge in [-0.25, -0.2) is 0 Å². The van der Waals surface area contributed by atoms with Crippen molar-refractivity contribution in [3.8, 4) is 5.75 Å². The molecule has 2 rings (SSSR count). The number of methoxy groups -OCH3 is 1. The van der Waals surface area contributed by atoms with Gasteiger partial charge in [-0.3, -0.25) is 4.79 Å². The van der Waals surface area contributed by atoms with Gasteiger partial charge in [0, 0.05) is 11.1 Å². The molecule has 1 saturated carbocycles. The number of benzene rings is 1. The smallest absolute Gasteiger partial charge is 0.314 e. The average Bonchev–Trinajstić information content (AvgIpc) is 2.41. The van der Waals surface area contributed by atoms with Gasteiger partial charge in [0.1, 0.15) is 5.75 Å². The molecule has 0 aromatic heterocycles. The van der Waals surface area contributed by atoms with Gasteiger partial charge < -0.3 is 9.84 Å². The third kappa shape index (κ3) is 2.54. The zero-order valence-corrected chi connectivity index (χ0v) is 12.2. The summed E-state index contributed by atoms with van der Waals surface area (Å²) in [6.07, 6.45) is 4.01. The van der Waals surface area contributed by atoms with Gasteiger partial charge in [-0.15, -0.1) is 0 Å². The van der Waals surface area contributed by atoms with Gasteiger partial charge in [0.2, 0.25) is 0 Å². The average molecular weight is 303 g/mol. The molecule has 0 heterocycles. The first-order chi connectivity index (χ1) is 9.01. The highest BCUT2D eigenvalue weighted by atomic mass is 35.5. The maximum Gasteiger partial charge on any atom is 0.314 e. The Hall–Kier alpha value is -0.930. The first kappa shape index (κ1) is 14.5. The summed E-state index contributed by atoms with van der Waals surface area (Å²) in [6, 6.07) is 3.26. The summed E-state index contributed by atoms with van der Waals surface area (Å²) in [6.45, 7) is 0. The van der Waals surface area contributed by atoms with Gasteiger partial charge in [-0.1, -0.05) is 42.5 Å². The van der Waals surface area contributed by atoms with E-state index in [0.717, 1.165) is 19.3 Å². The highest BCUT2D eigenvalue weighted by Crippen LogP contribution is 2.46. The van der Waals surface area contributed by atoms with Crippen LogP contribution in [0, 0.1) is 0 Å². The normalized spacial score (nSPS) is 18.1. The van der Waals surface area contributed by atoms with Crippen LogP contribution in [0.15, 0.2) is 12.1 Å². The SMILES string of the molecule is COc1cc(Cl)cc(C2(C(=O)O)CCCCC2)c1Cl. The Bertz CT molecular complexity index is 494. The fourth-order valence-corrected chi connectivity index (χ4v) is 3.39. The van der Waals surface area contributed by atoms with Crippen molar-refractivity contribution in [1.82, 2.24) is 0 Å². The van der Waals surface area contributed by atoms with Crippen LogP contribution in [-0.4, -0.2) is 18.2 Å². The minimum Gasteiger partial charge on any atom is -0.495 e. The molecule has 1 fully saturated rings. The van der Waals surface area contributed by atoms with E-state index >= 15 is 0 Å². The van der Waals surface area contributed by atoms with Crippen LogP contribution in [0.1, 0.15) is 37.7 Å². The molecule has 0 amide bonds. The van der Waals surface area contributed by atoms with E-state index in [4.69, 9.17) is 27.9 Å². The van der Waals surface area contributed by atoms with E-state index in [1.165, 1.54) is 7.11 Å². The first-order valence-corrected chi connectivity index (χ1v) is 7.04. The zero-order chi connectivity index (χ0) is 14.0. The molecule has 0 aliphatic heterocycles. The predicted molar refractivity (Wildman–Crippen MR) is 75.4 cm³/mol. The number of carboxylic acid groups (broad SMARTS) is 1. The van der Waals surface area contributed by atoms with Crippen molar-refractivity contribution in [3.63, 3.8) is 0 Å². The lowest BCUT2D eigenvalue weighted by molar-refractivity contribution is -0.145. The molecule has 0 bridgehead atoms. The molecule has 5 heteroatoms. The molecule has 1 aromatic carbocycles. The Morgan fingerprint density at radius 1 is 1.26 bits per heavy atom. The Morgan fingerprint density at radius 3 is 2.42 bits per heavy atom. The third-order valence-electron chi connectivity index (χ3n) is 3.86. The van der Waals surface area contributed by atoms with Gasteiger partial charge in [-0.2, -0.15) is 0 Å². The van der Waals surface area contributed by atoms with Gasteiger partial charge >= 0.3 is 5.97 Å². The molecular weight excluding hydrogens is 287 g/mol. The topological polar surface area (TPSA) is 46.5 Å². The first-order valence-electron chi connectivity index (χ1n) is 6.28. The Morgan fingerprint density at radius 2 is 1.89 bits per heavy atom. The van der Waals surface area contributed by atoms with Crippen molar-refractivity contribution >= 4 is 29.2 Å². The Balaban J connectivity index is 2.59. The van der Waals surface area contributed by atoms with Gasteiger partial charge in [-0.05, 0) is 24.5 Å². The van der Waals surface area contributed by atoms with Gasteiger partial charge in [0.05, 0.1) is 17.5 Å². The molecule has 1 aliphatic carbocycles. The zero-order valence-electron chi connectivity index (χ0n) is 10.7. The quantitative estimate of drug-likeness (QED) is 0.906. The summed E-state index contributed by atoms with van der Waals surface area (Å²) < 4.78 is 5.17. The molecule has 0 radical (unpaired) electrons. The maximum absolute atomic E-state index is 11.8. The molecule has 3 nitrogen and oxygen atoms in total. The van der Waals surface area contributed by atoms with Crippen LogP contribution in [0.5, 0.6) is 5.75 Å². The second-order valence-electron chi connectivity index (χ2n) is 4.92. The lowest BCUT2D eigenvalue weighted by Gasteiger charge is -2.34. The highest BCUT2D eigenvalue weighted by Gasteiger charge is 2.43. The Labute approximate surface area is 122 Å². The van der Waals surface area contributed by atoms with Crippen LogP contribution in [-0.2, 0) is 10.2 Å². The van der Waals surface area contributed by atoms with Crippen LogP contribution in [0.2, 0.25) is 10.0 Å². The predicted octanol–water partition coefficient (Wildman–Crippen LogP) is 4.29. The molecule has 19 heavy (non-hydrogen) atoms. The van der Waals surface area contributed by atoms with Crippen molar-refractivity contribution in [2.24, 2.45) is 0 Å². The van der Waals surface area contributed by atoms with Crippen LogP contribution in [0.25, 0.3) is 0 Å². The minimum absolute atomic E-state index is 0.358. The second-order valence-corrected chi connectivity index (χ2v) is 5.73. The highest BCUT2D eigenvalue weighted by molar-refractivity contribution is 6.35. The molecule has 0 spiro atoms. The lowest BCUT2D eigenvalue weighted by atomic mass is 9.69. The largest absolute Gasteiger partial charge is 0.495 e. The fourth-order valence-electron chi connectivity index (χ4n) is 2.81. The van der Waals surface area contributed by atoms with Crippen molar-refractivity contribution in [1.29, 1.82) is 0 Å². The number of aliphatic carboxylic acids is 1. The van der Waals surface area contributed by atoms with Crippen LogP contribution in [0.4, 0.5) is 0 Å². The molecule has 104 valence electrons. The summed E-state index contributed by atoms with van der Waals surface area (Å²) in [5, 5.41) is 10.5. The van der Waals surface area contributed by atoms with E-state index in [0.29, 0.717) is 34.2 Å². The summed E-state index contributed by atoms with van der Waals surface area (Å²) in [4.78, 5) is 11.8. The standard InChI is InChI=1S/C14H16Cl2O3/c1-19-11-8-9(15)7-10(12(11)16)14(13(17)18)5-3-2-4-6-14/h7-8H,2-6H2,1H3,(H,17,18). The number of hydrogen-bond acceptors (Lipinski definition) is 2. The molecule has 1 aromatic rings. The van der Waals surface area contributed by atoms with E-state index in [9.17, 15) is 9.90 Å². The third-order valence-corrected chi connectivity index (χ3v) is 4.46. The molecule has 0 unspecified atom stereocenters. The molecule has 0 saturated heterocycles. The van der Waals surface area contributed by atoms with Crippen molar-refractivity contribution in [2.45, 2.75) is 37.5 Å². The number of ether oxygens (including phenoxy) is 1. The van der Waals surface area contributed by atoms with Crippen molar-refractivity contribution in [2.75, 3.05) is 7.11 Å². The summed E-state index contributed by atoms with van der Waals surface area (Å²) in [7, 11) is 1.50. The number of halogens is 2. The summed E-state index contributed by atoms with van der Waals surface area (Å²) >= 11 is 12.4. The number of rotatable bonds is 3. The minimum atomic E-state index is -0.937. The van der Waals surface area contributed by atoms with E-state index in [1.807, 2.05) is 0 Å². The van der Waals surface area contributed by atoms with Gasteiger partial charge in [0.15, 0.2) is 0 Å². The van der Waals surface area contributed by atoms with Crippen molar-refractivity contribution in [3.05, 3.63) is 27.7 Å². The van der Waals surface area contributed by atoms with E-state index in [-0.39, 0.29) is 0 Å². The monoisotopic (exact) mass is 302 g/mol. The van der Waals surface area contributed by atoms with Crippen molar-refractivity contribution < 1.29 is 14.6 Å². The lowest BCUT2D eigenvalue weighted by Crippen LogP contribution is -2.38. The van der Waals surface area contributed by atoms with Crippen LogP contribution >= 0.6 is 23.2 Å². The number of carboxylic acids is 1. The summed E-state index contributed by atoms with van der Waals surface area (Å²) in [5.74, 6) is -0.409. The van der Waals surface area contributed by atoms with Crippen LogP contribution < -0.4 is 4.74 Å². The summed E-state index contributed by atoms with van der Waals surface area (Å²) in [5.41, 5.74) is -0.362.